The lowest BCUT2D eigenvalue weighted by Gasteiger charge is -2.14. The molecule has 196 valence electrons. The predicted octanol–water partition coefficient (Wildman–Crippen LogP) is 5.53. The summed E-state index contributed by atoms with van der Waals surface area (Å²) in [6, 6.07) is 10.1. The van der Waals surface area contributed by atoms with Crippen molar-refractivity contribution in [1.29, 1.82) is 10.5 Å². The first kappa shape index (κ1) is 28.3. The molecule has 0 fully saturated rings. The minimum atomic E-state index is -5.37. The number of hydrogen-bond acceptors (Lipinski definition) is 6. The summed E-state index contributed by atoms with van der Waals surface area (Å²) in [6.45, 7) is 1.95. The first-order chi connectivity index (χ1) is 17.8. The van der Waals surface area contributed by atoms with Crippen molar-refractivity contribution < 1.29 is 36.7 Å². The molecule has 1 N–H and O–H groups in total. The van der Waals surface area contributed by atoms with E-state index >= 15 is 4.39 Å². The molecule has 2 aromatic carbocycles. The van der Waals surface area contributed by atoms with Gasteiger partial charge in [-0.15, -0.1) is 0 Å². The van der Waals surface area contributed by atoms with Gasteiger partial charge in [-0.3, -0.25) is 4.79 Å². The normalized spacial score (nSPS) is 10.9. The van der Waals surface area contributed by atoms with Gasteiger partial charge in [-0.1, -0.05) is 29.3 Å². The van der Waals surface area contributed by atoms with Crippen molar-refractivity contribution in [3.63, 3.8) is 0 Å². The van der Waals surface area contributed by atoms with Crippen LogP contribution < -0.4 is 14.9 Å². The number of ether oxygens (including phenoxy) is 1. The van der Waals surface area contributed by atoms with E-state index in [0.717, 1.165) is 0 Å². The minimum Gasteiger partial charge on any atom is -0.453 e. The van der Waals surface area contributed by atoms with E-state index in [9.17, 15) is 28.0 Å². The van der Waals surface area contributed by atoms with Gasteiger partial charge < -0.3 is 14.9 Å². The number of hydrogen-bond donors (Lipinski definition) is 1. The van der Waals surface area contributed by atoms with E-state index in [2.05, 4.69) is 10.2 Å². The maximum absolute atomic E-state index is 15.2. The summed E-state index contributed by atoms with van der Waals surface area (Å²) in [5.41, 5.74) is -1.03. The van der Waals surface area contributed by atoms with Gasteiger partial charge in [0, 0.05) is 22.7 Å². The summed E-state index contributed by atoms with van der Waals surface area (Å²) < 4.78 is 59.3. The molecule has 8 nitrogen and oxygen atoms in total. The van der Waals surface area contributed by atoms with Crippen LogP contribution in [0.25, 0.3) is 0 Å². The summed E-state index contributed by atoms with van der Waals surface area (Å²) in [6.07, 6.45) is -5.37. The number of alkyl halides is 3. The molecule has 14 heteroatoms. The molecule has 0 radical (unpaired) electrons. The van der Waals surface area contributed by atoms with Gasteiger partial charge in [0.05, 0.1) is 27.9 Å². The number of carbonyl (C=O) groups excluding carboxylic acids is 2. The van der Waals surface area contributed by atoms with E-state index in [1.54, 1.807) is 6.07 Å². The highest BCUT2D eigenvalue weighted by atomic mass is 35.5. The molecule has 0 saturated carbocycles. The molecule has 0 aliphatic heterocycles. The standard InChI is InChI=1S/C24H14Cl2F4N4O4/c1-11-17(9-32)12(2)34(38-23(36)24(28,29)30)20(11)22(35)33-10-14-3-4-18(26)21(19(14)27)37-16-6-13(8-31)5-15(25)7-16/h3-7H,10H2,1-2H3,(H,33,35). The van der Waals surface area contributed by atoms with Crippen molar-refractivity contribution >= 4 is 35.1 Å². The van der Waals surface area contributed by atoms with Gasteiger partial charge >= 0.3 is 12.1 Å². The Balaban J connectivity index is 1.90. The molecule has 0 unspecified atom stereocenters. The molecule has 0 bridgehead atoms. The summed E-state index contributed by atoms with van der Waals surface area (Å²) in [5.74, 6) is -5.09. The largest absolute Gasteiger partial charge is 0.493 e. The van der Waals surface area contributed by atoms with Crippen molar-refractivity contribution in [2.75, 3.05) is 0 Å². The van der Waals surface area contributed by atoms with Gasteiger partial charge in [0.1, 0.15) is 17.5 Å². The Labute approximate surface area is 222 Å². The molecular formula is C24H14Cl2F4N4O4. The fourth-order valence-electron chi connectivity index (χ4n) is 3.35. The number of nitriles is 2. The molecule has 0 atom stereocenters. The zero-order chi connectivity index (χ0) is 28.4. The lowest BCUT2D eigenvalue weighted by Crippen LogP contribution is -2.36. The van der Waals surface area contributed by atoms with Crippen molar-refractivity contribution in [1.82, 2.24) is 10.0 Å². The summed E-state index contributed by atoms with van der Waals surface area (Å²) in [5, 5.41) is 20.7. The zero-order valence-corrected chi connectivity index (χ0v) is 20.8. The van der Waals surface area contributed by atoms with E-state index < -0.39 is 41.9 Å². The number of aromatic nitrogens is 1. The maximum Gasteiger partial charge on any atom is 0.493 e. The molecule has 3 aromatic rings. The fraction of sp³-hybridized carbons (Fsp3) is 0.167. The van der Waals surface area contributed by atoms with Crippen molar-refractivity contribution in [3.05, 3.63) is 79.8 Å². The number of carbonyl (C=O) groups is 2. The van der Waals surface area contributed by atoms with Gasteiger partial charge in [-0.2, -0.15) is 28.4 Å². The Morgan fingerprint density at radius 2 is 1.79 bits per heavy atom. The number of nitrogens with zero attached hydrogens (tertiary/aromatic N) is 3. The third kappa shape index (κ3) is 5.83. The van der Waals surface area contributed by atoms with E-state index in [0.29, 0.717) is 4.73 Å². The van der Waals surface area contributed by atoms with Gasteiger partial charge in [0.25, 0.3) is 5.91 Å². The van der Waals surface area contributed by atoms with Crippen molar-refractivity contribution in [3.8, 4) is 23.6 Å². The number of amides is 1. The Morgan fingerprint density at radius 3 is 2.39 bits per heavy atom. The van der Waals surface area contributed by atoms with Crippen molar-refractivity contribution in [2.45, 2.75) is 26.6 Å². The van der Waals surface area contributed by atoms with Gasteiger partial charge in [0.2, 0.25) is 0 Å². The van der Waals surface area contributed by atoms with Crippen LogP contribution in [0.4, 0.5) is 17.6 Å². The molecule has 0 aliphatic carbocycles. The van der Waals surface area contributed by atoms with Crippen LogP contribution in [0.3, 0.4) is 0 Å². The number of halogens is 6. The van der Waals surface area contributed by atoms with Gasteiger partial charge in [-0.05, 0) is 38.1 Å². The van der Waals surface area contributed by atoms with Crippen molar-refractivity contribution in [2.24, 2.45) is 0 Å². The Morgan fingerprint density at radius 1 is 1.11 bits per heavy atom. The van der Waals surface area contributed by atoms with Crippen LogP contribution in [0, 0.1) is 42.3 Å². The number of nitrogens with one attached hydrogen (secondary N) is 1. The third-order valence-electron chi connectivity index (χ3n) is 5.12. The molecule has 1 aromatic heterocycles. The lowest BCUT2D eigenvalue weighted by atomic mass is 10.1. The topological polar surface area (TPSA) is 117 Å². The average molecular weight is 569 g/mol. The highest BCUT2D eigenvalue weighted by molar-refractivity contribution is 6.32. The Hall–Kier alpha value is -4.26. The minimum absolute atomic E-state index is 0.00970. The van der Waals surface area contributed by atoms with E-state index in [4.69, 9.17) is 33.2 Å². The lowest BCUT2D eigenvalue weighted by molar-refractivity contribution is -0.200. The summed E-state index contributed by atoms with van der Waals surface area (Å²) >= 11 is 12.0. The smallest absolute Gasteiger partial charge is 0.453 e. The quantitative estimate of drug-likeness (QED) is 0.390. The first-order valence-electron chi connectivity index (χ1n) is 10.3. The maximum atomic E-state index is 15.2. The highest BCUT2D eigenvalue weighted by Crippen LogP contribution is 2.35. The molecule has 3 rings (SSSR count). The summed E-state index contributed by atoms with van der Waals surface area (Å²) in [7, 11) is 0. The van der Waals surface area contributed by atoms with Crippen LogP contribution in [0.5, 0.6) is 11.5 Å². The van der Waals surface area contributed by atoms with Crippen LogP contribution in [0.1, 0.15) is 38.4 Å². The van der Waals surface area contributed by atoms with Crippen LogP contribution in [-0.2, 0) is 11.3 Å². The molecular weight excluding hydrogens is 555 g/mol. The Bertz CT molecular complexity index is 1540. The first-order valence-corrected chi connectivity index (χ1v) is 11.1. The van der Waals surface area contributed by atoms with Crippen LogP contribution in [0.2, 0.25) is 10.0 Å². The molecule has 0 spiro atoms. The molecule has 1 amide bonds. The molecule has 0 saturated heterocycles. The van der Waals surface area contributed by atoms with E-state index in [1.807, 2.05) is 6.07 Å². The second-order valence-electron chi connectivity index (χ2n) is 7.64. The average Bonchev–Trinajstić information content (AvgIpc) is 3.08. The molecule has 38 heavy (non-hydrogen) atoms. The van der Waals surface area contributed by atoms with Crippen LogP contribution >= 0.6 is 23.2 Å². The van der Waals surface area contributed by atoms with E-state index in [1.165, 1.54) is 44.2 Å². The SMILES string of the molecule is Cc1c(C#N)c(C)n(OC(=O)C(F)(F)F)c1C(=O)NCc1ccc(Cl)c(Oc2cc(Cl)cc(C#N)c2)c1F. The highest BCUT2D eigenvalue weighted by Gasteiger charge is 2.43. The third-order valence-corrected chi connectivity index (χ3v) is 5.64. The zero-order valence-electron chi connectivity index (χ0n) is 19.3. The Kier molecular flexibility index (Phi) is 8.20. The number of benzene rings is 2. The fourth-order valence-corrected chi connectivity index (χ4v) is 3.76. The molecule has 0 aliphatic rings. The van der Waals surface area contributed by atoms with E-state index in [-0.39, 0.29) is 43.7 Å². The predicted molar refractivity (Wildman–Crippen MR) is 125 cm³/mol. The number of rotatable bonds is 6. The van der Waals surface area contributed by atoms with Gasteiger partial charge in [0.15, 0.2) is 11.6 Å². The van der Waals surface area contributed by atoms with Gasteiger partial charge in [-0.25, -0.2) is 9.18 Å². The monoisotopic (exact) mass is 568 g/mol. The second-order valence-corrected chi connectivity index (χ2v) is 8.48. The van der Waals surface area contributed by atoms with Crippen LogP contribution in [-0.4, -0.2) is 22.8 Å². The second kappa shape index (κ2) is 11.0. The summed E-state index contributed by atoms with van der Waals surface area (Å²) in [4.78, 5) is 28.6. The van der Waals surface area contributed by atoms with Crippen LogP contribution in [0.15, 0.2) is 30.3 Å². The molecule has 1 heterocycles.